The predicted molar refractivity (Wildman–Crippen MR) is 72.6 cm³/mol. The SMILES string of the molecule is CC(C(=O)N1CCCC1C1CCCC1)C(N)=S. The van der Waals surface area contributed by atoms with Gasteiger partial charge in [-0.2, -0.15) is 0 Å². The van der Waals surface area contributed by atoms with Crippen molar-refractivity contribution in [3.63, 3.8) is 0 Å². The van der Waals surface area contributed by atoms with Gasteiger partial charge in [0.25, 0.3) is 0 Å². The van der Waals surface area contributed by atoms with Crippen molar-refractivity contribution in [3.8, 4) is 0 Å². The molecule has 1 aliphatic carbocycles. The van der Waals surface area contributed by atoms with Gasteiger partial charge < -0.3 is 10.6 Å². The number of hydrogen-bond donors (Lipinski definition) is 1. The number of thiocarbonyl (C=S) groups is 1. The summed E-state index contributed by atoms with van der Waals surface area (Å²) in [5.74, 6) is 0.568. The topological polar surface area (TPSA) is 46.3 Å². The fraction of sp³-hybridized carbons (Fsp3) is 0.846. The van der Waals surface area contributed by atoms with E-state index in [2.05, 4.69) is 4.90 Å². The molecular weight excluding hydrogens is 232 g/mol. The standard InChI is InChI=1S/C13H22N2OS/c1-9(12(14)17)13(16)15-8-4-7-11(15)10-5-2-3-6-10/h9-11H,2-8H2,1H3,(H2,14,17). The molecule has 2 N–H and O–H groups in total. The van der Waals surface area contributed by atoms with Crippen LogP contribution in [0.1, 0.15) is 45.4 Å². The Morgan fingerprint density at radius 2 is 1.94 bits per heavy atom. The molecule has 0 aromatic heterocycles. The van der Waals surface area contributed by atoms with Crippen molar-refractivity contribution in [1.82, 2.24) is 4.90 Å². The maximum atomic E-state index is 12.3. The molecule has 2 aliphatic rings. The van der Waals surface area contributed by atoms with Gasteiger partial charge in [0.2, 0.25) is 5.91 Å². The smallest absolute Gasteiger partial charge is 0.232 e. The molecule has 2 fully saturated rings. The third kappa shape index (κ3) is 2.62. The number of nitrogens with two attached hydrogens (primary N) is 1. The van der Waals surface area contributed by atoms with Crippen LogP contribution in [0, 0.1) is 11.8 Å². The average Bonchev–Trinajstić information content (AvgIpc) is 2.96. The summed E-state index contributed by atoms with van der Waals surface area (Å²) >= 11 is 4.93. The highest BCUT2D eigenvalue weighted by Gasteiger charge is 2.37. The molecule has 1 amide bonds. The monoisotopic (exact) mass is 254 g/mol. The Bertz CT molecular complexity index is 313. The van der Waals surface area contributed by atoms with Crippen molar-refractivity contribution in [2.45, 2.75) is 51.5 Å². The van der Waals surface area contributed by atoms with Crippen LogP contribution < -0.4 is 5.73 Å². The first-order valence-electron chi connectivity index (χ1n) is 6.71. The van der Waals surface area contributed by atoms with E-state index in [-0.39, 0.29) is 11.8 Å². The summed E-state index contributed by atoms with van der Waals surface area (Å²) < 4.78 is 0. The van der Waals surface area contributed by atoms with Gasteiger partial charge in [-0.15, -0.1) is 0 Å². The van der Waals surface area contributed by atoms with Gasteiger partial charge in [0.05, 0.1) is 10.9 Å². The molecule has 0 spiro atoms. The molecule has 0 aromatic rings. The summed E-state index contributed by atoms with van der Waals surface area (Å²) in [5, 5.41) is 0. The summed E-state index contributed by atoms with van der Waals surface area (Å²) in [6.07, 6.45) is 7.53. The second kappa shape index (κ2) is 5.34. The number of carbonyl (C=O) groups excluding carboxylic acids is 1. The molecule has 2 atom stereocenters. The number of rotatable bonds is 3. The summed E-state index contributed by atoms with van der Waals surface area (Å²) in [7, 11) is 0. The number of carbonyl (C=O) groups is 1. The molecule has 17 heavy (non-hydrogen) atoms. The Labute approximate surface area is 109 Å². The van der Waals surface area contributed by atoms with E-state index in [1.165, 1.54) is 32.1 Å². The molecule has 1 heterocycles. The highest BCUT2D eigenvalue weighted by Crippen LogP contribution is 2.35. The summed E-state index contributed by atoms with van der Waals surface area (Å²) in [6.45, 7) is 2.72. The molecule has 96 valence electrons. The maximum Gasteiger partial charge on any atom is 0.232 e. The van der Waals surface area contributed by atoms with E-state index in [4.69, 9.17) is 18.0 Å². The van der Waals surface area contributed by atoms with Crippen molar-refractivity contribution < 1.29 is 4.79 Å². The van der Waals surface area contributed by atoms with E-state index >= 15 is 0 Å². The molecule has 0 bridgehead atoms. The molecule has 3 nitrogen and oxygen atoms in total. The molecule has 2 rings (SSSR count). The van der Waals surface area contributed by atoms with Crippen LogP contribution in [0.15, 0.2) is 0 Å². The first-order valence-corrected chi connectivity index (χ1v) is 7.12. The van der Waals surface area contributed by atoms with Gasteiger partial charge in [0.1, 0.15) is 0 Å². The predicted octanol–water partition coefficient (Wildman–Crippen LogP) is 2.09. The normalized spacial score (nSPS) is 27.4. The van der Waals surface area contributed by atoms with Gasteiger partial charge in [0, 0.05) is 12.6 Å². The minimum Gasteiger partial charge on any atom is -0.393 e. The zero-order valence-electron chi connectivity index (χ0n) is 10.5. The zero-order chi connectivity index (χ0) is 12.4. The lowest BCUT2D eigenvalue weighted by Gasteiger charge is -2.31. The van der Waals surface area contributed by atoms with E-state index in [1.807, 2.05) is 6.92 Å². The van der Waals surface area contributed by atoms with Gasteiger partial charge in [-0.05, 0) is 38.5 Å². The fourth-order valence-corrected chi connectivity index (χ4v) is 3.37. The number of hydrogen-bond acceptors (Lipinski definition) is 2. The number of nitrogens with zero attached hydrogens (tertiary/aromatic N) is 1. The van der Waals surface area contributed by atoms with Gasteiger partial charge in [0.15, 0.2) is 0 Å². The molecular formula is C13H22N2OS. The highest BCUT2D eigenvalue weighted by molar-refractivity contribution is 7.80. The van der Waals surface area contributed by atoms with Crippen molar-refractivity contribution >= 4 is 23.1 Å². The highest BCUT2D eigenvalue weighted by atomic mass is 32.1. The van der Waals surface area contributed by atoms with E-state index in [1.54, 1.807) is 0 Å². The minimum absolute atomic E-state index is 0.145. The van der Waals surface area contributed by atoms with Gasteiger partial charge >= 0.3 is 0 Å². The van der Waals surface area contributed by atoms with Crippen molar-refractivity contribution in [2.75, 3.05) is 6.54 Å². The van der Waals surface area contributed by atoms with Gasteiger partial charge in [-0.1, -0.05) is 25.1 Å². The van der Waals surface area contributed by atoms with Crippen LogP contribution in [0.5, 0.6) is 0 Å². The van der Waals surface area contributed by atoms with Crippen LogP contribution in [-0.4, -0.2) is 28.4 Å². The lowest BCUT2D eigenvalue weighted by Crippen LogP contribution is -2.44. The molecule has 1 saturated carbocycles. The lowest BCUT2D eigenvalue weighted by atomic mass is 9.95. The van der Waals surface area contributed by atoms with E-state index < -0.39 is 0 Å². The Kier molecular flexibility index (Phi) is 4.02. The molecule has 2 unspecified atom stereocenters. The van der Waals surface area contributed by atoms with Gasteiger partial charge in [-0.25, -0.2) is 0 Å². The molecule has 0 aromatic carbocycles. The summed E-state index contributed by atoms with van der Waals surface area (Å²) in [6, 6.07) is 0.460. The van der Waals surface area contributed by atoms with Crippen LogP contribution in [-0.2, 0) is 4.79 Å². The fourth-order valence-electron chi connectivity index (χ4n) is 3.27. The second-order valence-electron chi connectivity index (χ2n) is 5.41. The van der Waals surface area contributed by atoms with E-state index in [0.29, 0.717) is 11.0 Å². The van der Waals surface area contributed by atoms with Crippen LogP contribution in [0.3, 0.4) is 0 Å². The van der Waals surface area contributed by atoms with E-state index in [9.17, 15) is 4.79 Å². The Balaban J connectivity index is 2.03. The third-order valence-electron chi connectivity index (χ3n) is 4.32. The van der Waals surface area contributed by atoms with Crippen LogP contribution >= 0.6 is 12.2 Å². The Morgan fingerprint density at radius 3 is 2.53 bits per heavy atom. The lowest BCUT2D eigenvalue weighted by molar-refractivity contribution is -0.134. The summed E-state index contributed by atoms with van der Waals surface area (Å²) in [5.41, 5.74) is 5.59. The van der Waals surface area contributed by atoms with E-state index in [0.717, 1.165) is 18.9 Å². The largest absolute Gasteiger partial charge is 0.393 e. The second-order valence-corrected chi connectivity index (χ2v) is 5.88. The Morgan fingerprint density at radius 1 is 1.29 bits per heavy atom. The minimum atomic E-state index is -0.299. The molecule has 0 radical (unpaired) electrons. The van der Waals surface area contributed by atoms with Crippen LogP contribution in [0.25, 0.3) is 0 Å². The molecule has 4 heteroatoms. The molecule has 1 saturated heterocycles. The third-order valence-corrected chi connectivity index (χ3v) is 4.68. The molecule has 1 aliphatic heterocycles. The zero-order valence-corrected chi connectivity index (χ0v) is 11.3. The summed E-state index contributed by atoms with van der Waals surface area (Å²) in [4.78, 5) is 14.7. The quantitative estimate of drug-likeness (QED) is 0.784. The average molecular weight is 254 g/mol. The Hall–Kier alpha value is -0.640. The first-order chi connectivity index (χ1) is 8.11. The van der Waals surface area contributed by atoms with Crippen molar-refractivity contribution in [3.05, 3.63) is 0 Å². The van der Waals surface area contributed by atoms with Crippen molar-refractivity contribution in [1.29, 1.82) is 0 Å². The number of likely N-dealkylation sites (tertiary alicyclic amines) is 1. The van der Waals surface area contributed by atoms with Crippen LogP contribution in [0.2, 0.25) is 0 Å². The maximum absolute atomic E-state index is 12.3. The first kappa shape index (κ1) is 12.8. The van der Waals surface area contributed by atoms with Crippen molar-refractivity contribution in [2.24, 2.45) is 17.6 Å². The van der Waals surface area contributed by atoms with Crippen LogP contribution in [0.4, 0.5) is 0 Å². The van der Waals surface area contributed by atoms with Gasteiger partial charge in [-0.3, -0.25) is 4.79 Å². The number of amides is 1.